The first-order valence-corrected chi connectivity index (χ1v) is 6.94. The minimum Gasteiger partial charge on any atom is -0.343 e. The van der Waals surface area contributed by atoms with E-state index in [4.69, 9.17) is 11.6 Å². The highest BCUT2D eigenvalue weighted by Gasteiger charge is 2.16. The summed E-state index contributed by atoms with van der Waals surface area (Å²) in [6.07, 6.45) is 0. The van der Waals surface area contributed by atoms with Crippen molar-refractivity contribution in [3.05, 3.63) is 64.4 Å². The van der Waals surface area contributed by atoms with Crippen LogP contribution >= 0.6 is 11.6 Å². The molecule has 0 aliphatic heterocycles. The SMILES string of the molecule is Cc1ccccc1NC(=O)CNC(=O)c1c(F)cccc1Cl. The van der Waals surface area contributed by atoms with Crippen molar-refractivity contribution in [2.24, 2.45) is 0 Å². The fraction of sp³-hybridized carbons (Fsp3) is 0.125. The number of anilines is 1. The van der Waals surface area contributed by atoms with Crippen molar-refractivity contribution in [1.29, 1.82) is 0 Å². The molecular weight excluding hydrogens is 307 g/mol. The van der Waals surface area contributed by atoms with Crippen LogP contribution in [0.3, 0.4) is 0 Å². The smallest absolute Gasteiger partial charge is 0.256 e. The first-order chi connectivity index (χ1) is 10.5. The number of rotatable bonds is 4. The average molecular weight is 321 g/mol. The maximum absolute atomic E-state index is 13.6. The zero-order chi connectivity index (χ0) is 16.1. The number of hydrogen-bond donors (Lipinski definition) is 2. The molecule has 0 unspecified atom stereocenters. The standard InChI is InChI=1S/C16H14ClFN2O2/c1-10-5-2-3-8-13(10)20-14(21)9-19-16(22)15-11(17)6-4-7-12(15)18/h2-8H,9H2,1H3,(H,19,22)(H,20,21). The van der Waals surface area contributed by atoms with Gasteiger partial charge in [-0.2, -0.15) is 0 Å². The van der Waals surface area contributed by atoms with E-state index in [1.807, 2.05) is 19.1 Å². The molecule has 6 heteroatoms. The van der Waals surface area contributed by atoms with Crippen molar-refractivity contribution in [1.82, 2.24) is 5.32 Å². The van der Waals surface area contributed by atoms with Gasteiger partial charge in [0, 0.05) is 5.69 Å². The summed E-state index contributed by atoms with van der Waals surface area (Å²) in [6.45, 7) is 1.57. The van der Waals surface area contributed by atoms with Gasteiger partial charge in [-0.1, -0.05) is 35.9 Å². The van der Waals surface area contributed by atoms with Crippen molar-refractivity contribution in [3.63, 3.8) is 0 Å². The third kappa shape index (κ3) is 3.83. The van der Waals surface area contributed by atoms with E-state index in [9.17, 15) is 14.0 Å². The molecule has 0 spiro atoms. The third-order valence-corrected chi connectivity index (χ3v) is 3.33. The highest BCUT2D eigenvalue weighted by atomic mass is 35.5. The van der Waals surface area contributed by atoms with Crippen LogP contribution in [0.15, 0.2) is 42.5 Å². The molecule has 114 valence electrons. The number of benzene rings is 2. The second kappa shape index (κ2) is 7.04. The van der Waals surface area contributed by atoms with Crippen LogP contribution in [0.5, 0.6) is 0 Å². The number of amides is 2. The number of aryl methyl sites for hydroxylation is 1. The number of nitrogens with one attached hydrogen (secondary N) is 2. The summed E-state index contributed by atoms with van der Waals surface area (Å²) in [5.74, 6) is -1.87. The van der Waals surface area contributed by atoms with Crippen LogP contribution in [0.1, 0.15) is 15.9 Å². The summed E-state index contributed by atoms with van der Waals surface area (Å²) in [7, 11) is 0. The maximum Gasteiger partial charge on any atom is 0.256 e. The molecule has 0 bridgehead atoms. The molecule has 0 saturated heterocycles. The molecule has 22 heavy (non-hydrogen) atoms. The summed E-state index contributed by atoms with van der Waals surface area (Å²) >= 11 is 5.79. The van der Waals surface area contributed by atoms with E-state index in [1.54, 1.807) is 12.1 Å². The van der Waals surface area contributed by atoms with Gasteiger partial charge in [0.25, 0.3) is 5.91 Å². The van der Waals surface area contributed by atoms with E-state index in [-0.39, 0.29) is 17.1 Å². The molecule has 2 aromatic carbocycles. The van der Waals surface area contributed by atoms with Gasteiger partial charge in [-0.05, 0) is 30.7 Å². The van der Waals surface area contributed by atoms with Crippen LogP contribution < -0.4 is 10.6 Å². The highest BCUT2D eigenvalue weighted by molar-refractivity contribution is 6.33. The molecule has 0 heterocycles. The number of hydrogen-bond acceptors (Lipinski definition) is 2. The minimum absolute atomic E-state index is 0.00295. The molecule has 2 amide bonds. The monoisotopic (exact) mass is 320 g/mol. The second-order valence-corrected chi connectivity index (χ2v) is 5.05. The van der Waals surface area contributed by atoms with Crippen LogP contribution in [-0.2, 0) is 4.79 Å². The van der Waals surface area contributed by atoms with Gasteiger partial charge in [-0.25, -0.2) is 4.39 Å². The van der Waals surface area contributed by atoms with Crippen molar-refractivity contribution in [3.8, 4) is 0 Å². The summed E-state index contributed by atoms with van der Waals surface area (Å²) in [5, 5.41) is 5.01. The van der Waals surface area contributed by atoms with Crippen LogP contribution in [-0.4, -0.2) is 18.4 Å². The second-order valence-electron chi connectivity index (χ2n) is 4.64. The number of carbonyl (C=O) groups excluding carboxylic acids is 2. The molecular formula is C16H14ClFN2O2. The molecule has 0 fully saturated rings. The van der Waals surface area contributed by atoms with Gasteiger partial charge in [0.05, 0.1) is 17.1 Å². The molecule has 0 saturated carbocycles. The Hall–Kier alpha value is -2.40. The number of halogens is 2. The first kappa shape index (κ1) is 16.0. The fourth-order valence-corrected chi connectivity index (χ4v) is 2.12. The van der Waals surface area contributed by atoms with Gasteiger partial charge < -0.3 is 10.6 Å². The van der Waals surface area contributed by atoms with Crippen molar-refractivity contribution >= 4 is 29.1 Å². The minimum atomic E-state index is -0.733. The first-order valence-electron chi connectivity index (χ1n) is 6.56. The summed E-state index contributed by atoms with van der Waals surface area (Å²) in [6, 6.07) is 11.2. The van der Waals surface area contributed by atoms with Crippen LogP contribution in [0.4, 0.5) is 10.1 Å². The highest BCUT2D eigenvalue weighted by Crippen LogP contribution is 2.18. The number of carbonyl (C=O) groups is 2. The van der Waals surface area contributed by atoms with E-state index < -0.39 is 17.6 Å². The molecule has 0 aliphatic carbocycles. The van der Waals surface area contributed by atoms with E-state index in [0.717, 1.165) is 11.6 Å². The third-order valence-electron chi connectivity index (χ3n) is 3.02. The van der Waals surface area contributed by atoms with Crippen LogP contribution in [0, 0.1) is 12.7 Å². The molecule has 0 aliphatic rings. The Morgan fingerprint density at radius 1 is 1.14 bits per heavy atom. The van der Waals surface area contributed by atoms with Gasteiger partial charge >= 0.3 is 0 Å². The molecule has 2 aromatic rings. The maximum atomic E-state index is 13.6. The lowest BCUT2D eigenvalue weighted by atomic mass is 10.2. The summed E-state index contributed by atoms with van der Waals surface area (Å²) in [4.78, 5) is 23.7. The van der Waals surface area contributed by atoms with Crippen LogP contribution in [0.2, 0.25) is 5.02 Å². The quantitative estimate of drug-likeness (QED) is 0.909. The van der Waals surface area contributed by atoms with Gasteiger partial charge in [0.2, 0.25) is 5.91 Å². The predicted molar refractivity (Wildman–Crippen MR) is 83.6 cm³/mol. The Kier molecular flexibility index (Phi) is 5.12. The normalized spacial score (nSPS) is 10.1. The molecule has 4 nitrogen and oxygen atoms in total. The molecule has 2 rings (SSSR count). The lowest BCUT2D eigenvalue weighted by molar-refractivity contribution is -0.115. The topological polar surface area (TPSA) is 58.2 Å². The fourth-order valence-electron chi connectivity index (χ4n) is 1.87. The van der Waals surface area contributed by atoms with E-state index in [2.05, 4.69) is 10.6 Å². The zero-order valence-electron chi connectivity index (χ0n) is 11.8. The molecule has 0 radical (unpaired) electrons. The zero-order valence-corrected chi connectivity index (χ0v) is 12.6. The molecule has 2 N–H and O–H groups in total. The van der Waals surface area contributed by atoms with Gasteiger partial charge in [-0.15, -0.1) is 0 Å². The molecule has 0 atom stereocenters. The van der Waals surface area contributed by atoms with Gasteiger partial charge in [0.15, 0.2) is 0 Å². The van der Waals surface area contributed by atoms with Gasteiger partial charge in [-0.3, -0.25) is 9.59 Å². The van der Waals surface area contributed by atoms with Crippen molar-refractivity contribution in [2.75, 3.05) is 11.9 Å². The Balaban J connectivity index is 1.97. The Bertz CT molecular complexity index is 699. The van der Waals surface area contributed by atoms with Crippen LogP contribution in [0.25, 0.3) is 0 Å². The Morgan fingerprint density at radius 3 is 2.55 bits per heavy atom. The average Bonchev–Trinajstić information content (AvgIpc) is 2.47. The van der Waals surface area contributed by atoms with E-state index >= 15 is 0 Å². The Morgan fingerprint density at radius 2 is 1.86 bits per heavy atom. The lowest BCUT2D eigenvalue weighted by Crippen LogP contribution is -2.33. The number of para-hydroxylation sites is 1. The summed E-state index contributed by atoms with van der Waals surface area (Å²) < 4.78 is 13.6. The van der Waals surface area contributed by atoms with E-state index in [0.29, 0.717) is 5.69 Å². The van der Waals surface area contributed by atoms with Crippen molar-refractivity contribution < 1.29 is 14.0 Å². The van der Waals surface area contributed by atoms with Gasteiger partial charge in [0.1, 0.15) is 5.82 Å². The lowest BCUT2D eigenvalue weighted by Gasteiger charge is -2.10. The van der Waals surface area contributed by atoms with Crippen molar-refractivity contribution in [2.45, 2.75) is 6.92 Å². The largest absolute Gasteiger partial charge is 0.343 e. The summed E-state index contributed by atoms with van der Waals surface area (Å²) in [5.41, 5.74) is 1.29. The Labute approximate surface area is 132 Å². The molecule has 0 aromatic heterocycles. The predicted octanol–water partition coefficient (Wildman–Crippen LogP) is 3.16. The van der Waals surface area contributed by atoms with E-state index in [1.165, 1.54) is 12.1 Å².